The summed E-state index contributed by atoms with van der Waals surface area (Å²) in [5.74, 6) is 1.33. The highest BCUT2D eigenvalue weighted by Crippen LogP contribution is 2.34. The molecule has 1 fully saturated rings. The lowest BCUT2D eigenvalue weighted by Crippen LogP contribution is -2.37. The Bertz CT molecular complexity index is 587. The van der Waals surface area contributed by atoms with Gasteiger partial charge in [0.1, 0.15) is 0 Å². The number of nitrogens with zero attached hydrogens (tertiary/aromatic N) is 1. The number of carbonyl (C=O) groups excluding carboxylic acids is 1. The number of amides is 2. The van der Waals surface area contributed by atoms with Crippen LogP contribution in [0.3, 0.4) is 0 Å². The molecule has 1 aromatic rings. The first kappa shape index (κ1) is 16.9. The number of nitrogens with one attached hydrogen (secondary N) is 2. The van der Waals surface area contributed by atoms with Gasteiger partial charge in [0, 0.05) is 18.7 Å². The Morgan fingerprint density at radius 3 is 2.48 bits per heavy atom. The van der Waals surface area contributed by atoms with Crippen molar-refractivity contribution in [2.45, 2.75) is 19.3 Å². The highest BCUT2D eigenvalue weighted by atomic mass is 16.6. The number of hydrogen-bond acceptors (Lipinski definition) is 5. The van der Waals surface area contributed by atoms with E-state index in [1.165, 1.54) is 20.3 Å². The van der Waals surface area contributed by atoms with E-state index in [-0.39, 0.29) is 11.7 Å². The smallest absolute Gasteiger partial charge is 0.314 e. The minimum atomic E-state index is -0.468. The molecule has 126 valence electrons. The molecule has 0 bridgehead atoms. The first-order valence-electron chi connectivity index (χ1n) is 7.46. The van der Waals surface area contributed by atoms with Crippen LogP contribution in [-0.4, -0.2) is 38.3 Å². The maximum atomic E-state index is 11.6. The van der Waals surface area contributed by atoms with Gasteiger partial charge in [-0.25, -0.2) is 4.79 Å². The van der Waals surface area contributed by atoms with Crippen LogP contribution in [0.25, 0.3) is 0 Å². The molecule has 0 unspecified atom stereocenters. The van der Waals surface area contributed by atoms with Gasteiger partial charge in [-0.3, -0.25) is 10.1 Å². The molecule has 1 saturated carbocycles. The molecular formula is C15H21N3O5. The third kappa shape index (κ3) is 4.73. The van der Waals surface area contributed by atoms with Crippen molar-refractivity contribution in [3.05, 3.63) is 27.8 Å². The number of nitro benzene ring substituents is 1. The number of urea groups is 1. The Kier molecular flexibility index (Phi) is 5.61. The fourth-order valence-corrected chi connectivity index (χ4v) is 2.21. The van der Waals surface area contributed by atoms with E-state index in [1.54, 1.807) is 6.07 Å². The number of methoxy groups -OCH3 is 2. The average molecular weight is 323 g/mol. The van der Waals surface area contributed by atoms with Gasteiger partial charge < -0.3 is 20.1 Å². The molecule has 23 heavy (non-hydrogen) atoms. The topological polar surface area (TPSA) is 103 Å². The van der Waals surface area contributed by atoms with Crippen LogP contribution >= 0.6 is 0 Å². The van der Waals surface area contributed by atoms with Crippen molar-refractivity contribution >= 4 is 11.7 Å². The van der Waals surface area contributed by atoms with Crippen molar-refractivity contribution in [1.82, 2.24) is 10.6 Å². The Balaban J connectivity index is 1.96. The van der Waals surface area contributed by atoms with Crippen molar-refractivity contribution in [3.63, 3.8) is 0 Å². The summed E-state index contributed by atoms with van der Waals surface area (Å²) in [5.41, 5.74) is 0.429. The van der Waals surface area contributed by atoms with Gasteiger partial charge in [-0.05, 0) is 31.2 Å². The summed E-state index contributed by atoms with van der Waals surface area (Å²) >= 11 is 0. The molecule has 0 atom stereocenters. The maximum Gasteiger partial charge on any atom is 0.314 e. The van der Waals surface area contributed by atoms with Gasteiger partial charge >= 0.3 is 6.03 Å². The molecule has 1 aliphatic rings. The lowest BCUT2D eigenvalue weighted by molar-refractivity contribution is -0.385. The molecule has 0 spiro atoms. The molecule has 0 heterocycles. The number of carbonyl (C=O) groups is 1. The predicted octanol–water partition coefficient (Wildman–Crippen LogP) is 1.86. The van der Waals surface area contributed by atoms with Crippen LogP contribution in [0, 0.1) is 16.0 Å². The van der Waals surface area contributed by atoms with Crippen molar-refractivity contribution in [1.29, 1.82) is 0 Å². The Morgan fingerprint density at radius 2 is 1.91 bits per heavy atom. The molecule has 1 aliphatic carbocycles. The van der Waals surface area contributed by atoms with E-state index in [2.05, 4.69) is 10.6 Å². The average Bonchev–Trinajstić information content (AvgIpc) is 3.36. The second-order valence-corrected chi connectivity index (χ2v) is 5.42. The van der Waals surface area contributed by atoms with E-state index in [1.807, 2.05) is 0 Å². The Labute approximate surface area is 134 Å². The largest absolute Gasteiger partial charge is 0.493 e. The molecule has 2 amide bonds. The second kappa shape index (κ2) is 7.66. The molecule has 0 aliphatic heterocycles. The molecule has 8 nitrogen and oxygen atoms in total. The quantitative estimate of drug-likeness (QED) is 0.561. The molecule has 2 rings (SSSR count). The van der Waals surface area contributed by atoms with E-state index in [0.29, 0.717) is 42.5 Å². The zero-order valence-electron chi connectivity index (χ0n) is 13.3. The van der Waals surface area contributed by atoms with Crippen LogP contribution < -0.4 is 20.1 Å². The number of hydrogen-bond donors (Lipinski definition) is 2. The number of nitro groups is 1. The Hall–Kier alpha value is -2.51. The van der Waals surface area contributed by atoms with Gasteiger partial charge in [0.15, 0.2) is 11.5 Å². The molecular weight excluding hydrogens is 302 g/mol. The van der Waals surface area contributed by atoms with Gasteiger partial charge in [-0.1, -0.05) is 0 Å². The summed E-state index contributed by atoms with van der Waals surface area (Å²) in [7, 11) is 2.89. The molecule has 1 aromatic carbocycles. The van der Waals surface area contributed by atoms with Crippen LogP contribution in [0.1, 0.15) is 18.4 Å². The van der Waals surface area contributed by atoms with Crippen molar-refractivity contribution in [2.24, 2.45) is 5.92 Å². The molecule has 2 N–H and O–H groups in total. The minimum absolute atomic E-state index is 0.0529. The van der Waals surface area contributed by atoms with Crippen LogP contribution in [0.15, 0.2) is 12.1 Å². The van der Waals surface area contributed by atoms with Crippen LogP contribution in [0.5, 0.6) is 11.5 Å². The normalized spacial score (nSPS) is 13.3. The summed E-state index contributed by atoms with van der Waals surface area (Å²) in [6.45, 7) is 0.981. The predicted molar refractivity (Wildman–Crippen MR) is 84.0 cm³/mol. The van der Waals surface area contributed by atoms with Crippen molar-refractivity contribution < 1.29 is 19.2 Å². The first-order chi connectivity index (χ1) is 11.0. The summed E-state index contributed by atoms with van der Waals surface area (Å²) in [6.07, 6.45) is 2.66. The summed E-state index contributed by atoms with van der Waals surface area (Å²) in [5, 5.41) is 16.7. The molecule has 0 aromatic heterocycles. The van der Waals surface area contributed by atoms with Crippen LogP contribution in [0.2, 0.25) is 0 Å². The third-order valence-corrected chi connectivity index (χ3v) is 3.71. The van der Waals surface area contributed by atoms with E-state index < -0.39 is 4.92 Å². The highest BCUT2D eigenvalue weighted by molar-refractivity contribution is 5.73. The van der Waals surface area contributed by atoms with Gasteiger partial charge in [-0.2, -0.15) is 0 Å². The lowest BCUT2D eigenvalue weighted by atomic mass is 10.1. The van der Waals surface area contributed by atoms with Crippen LogP contribution in [-0.2, 0) is 6.42 Å². The van der Waals surface area contributed by atoms with Crippen molar-refractivity contribution in [3.8, 4) is 11.5 Å². The van der Waals surface area contributed by atoms with E-state index in [4.69, 9.17) is 9.47 Å². The van der Waals surface area contributed by atoms with Gasteiger partial charge in [0.05, 0.1) is 25.2 Å². The van der Waals surface area contributed by atoms with Crippen molar-refractivity contribution in [2.75, 3.05) is 27.3 Å². The minimum Gasteiger partial charge on any atom is -0.493 e. The summed E-state index contributed by atoms with van der Waals surface area (Å²) < 4.78 is 10.2. The summed E-state index contributed by atoms with van der Waals surface area (Å²) in [4.78, 5) is 22.3. The van der Waals surface area contributed by atoms with E-state index >= 15 is 0 Å². The van der Waals surface area contributed by atoms with Gasteiger partial charge in [-0.15, -0.1) is 0 Å². The second-order valence-electron chi connectivity index (χ2n) is 5.42. The Morgan fingerprint density at radius 1 is 1.26 bits per heavy atom. The van der Waals surface area contributed by atoms with Gasteiger partial charge in [0.2, 0.25) is 0 Å². The van der Waals surface area contributed by atoms with E-state index in [0.717, 1.165) is 12.8 Å². The fraction of sp³-hybridized carbons (Fsp3) is 0.533. The third-order valence-electron chi connectivity index (χ3n) is 3.71. The number of ether oxygens (including phenoxy) is 2. The lowest BCUT2D eigenvalue weighted by Gasteiger charge is -2.11. The monoisotopic (exact) mass is 323 g/mol. The zero-order chi connectivity index (χ0) is 16.8. The van der Waals surface area contributed by atoms with Crippen LogP contribution in [0.4, 0.5) is 10.5 Å². The SMILES string of the molecule is COc1cc(CCNC(=O)NCC2CC2)c([N+](=O)[O-])cc1OC. The van der Waals surface area contributed by atoms with Gasteiger partial charge in [0.25, 0.3) is 5.69 Å². The van der Waals surface area contributed by atoms with E-state index in [9.17, 15) is 14.9 Å². The number of rotatable bonds is 8. The number of benzene rings is 1. The molecule has 0 saturated heterocycles. The fourth-order valence-electron chi connectivity index (χ4n) is 2.21. The summed E-state index contributed by atoms with van der Waals surface area (Å²) in [6, 6.07) is 2.65. The zero-order valence-corrected chi connectivity index (χ0v) is 13.3. The maximum absolute atomic E-state index is 11.6. The molecule has 8 heteroatoms. The standard InChI is InChI=1S/C15H21N3O5/c1-22-13-7-11(12(18(20)21)8-14(13)23-2)5-6-16-15(19)17-9-10-3-4-10/h7-8,10H,3-6,9H2,1-2H3,(H2,16,17,19). The first-order valence-corrected chi connectivity index (χ1v) is 7.46. The molecule has 0 radical (unpaired) electrons. The highest BCUT2D eigenvalue weighted by Gasteiger charge is 2.22.